The fourth-order valence-corrected chi connectivity index (χ4v) is 3.54. The number of nitrogens with zero attached hydrogens (tertiary/aromatic N) is 1. The van der Waals surface area contributed by atoms with Crippen molar-refractivity contribution in [3.05, 3.63) is 35.4 Å². The smallest absolute Gasteiger partial charge is 0.255 e. The molecule has 1 heterocycles. The highest BCUT2D eigenvalue weighted by Gasteiger charge is 2.36. The van der Waals surface area contributed by atoms with E-state index in [0.29, 0.717) is 24.6 Å². The zero-order valence-electron chi connectivity index (χ0n) is 15.0. The Morgan fingerprint density at radius 1 is 1.24 bits per heavy atom. The molecule has 1 aliphatic rings. The predicted molar refractivity (Wildman–Crippen MR) is 96.9 cm³/mol. The Morgan fingerprint density at radius 3 is 2.52 bits per heavy atom. The second-order valence-corrected chi connectivity index (χ2v) is 9.26. The van der Waals surface area contributed by atoms with Gasteiger partial charge in [0.15, 0.2) is 0 Å². The predicted octanol–water partition coefficient (Wildman–Crippen LogP) is 1.61. The average molecular weight is 366 g/mol. The first-order chi connectivity index (χ1) is 11.7. The van der Waals surface area contributed by atoms with E-state index in [1.54, 1.807) is 12.1 Å². The van der Waals surface area contributed by atoms with E-state index in [1.165, 1.54) is 4.90 Å². The summed E-state index contributed by atoms with van der Waals surface area (Å²) >= 11 is 0. The van der Waals surface area contributed by atoms with Gasteiger partial charge in [-0.2, -0.15) is 0 Å². The second kappa shape index (κ2) is 7.99. The molecule has 1 aromatic rings. The second-order valence-electron chi connectivity index (χ2n) is 7.00. The van der Waals surface area contributed by atoms with Crippen molar-refractivity contribution in [1.82, 2.24) is 10.2 Å². The highest BCUT2D eigenvalue weighted by Crippen LogP contribution is 2.25. The van der Waals surface area contributed by atoms with E-state index in [2.05, 4.69) is 19.2 Å². The zero-order chi connectivity index (χ0) is 18.6. The van der Waals surface area contributed by atoms with Gasteiger partial charge < -0.3 is 10.2 Å². The molecule has 0 bridgehead atoms. The molecule has 6 nitrogen and oxygen atoms in total. The van der Waals surface area contributed by atoms with Gasteiger partial charge in [0, 0.05) is 24.9 Å². The number of benzene rings is 1. The van der Waals surface area contributed by atoms with Crippen molar-refractivity contribution in [3.63, 3.8) is 0 Å². The van der Waals surface area contributed by atoms with Crippen molar-refractivity contribution in [1.29, 1.82) is 0 Å². The van der Waals surface area contributed by atoms with Crippen LogP contribution in [0.1, 0.15) is 42.6 Å². The molecule has 0 spiro atoms. The summed E-state index contributed by atoms with van der Waals surface area (Å²) in [6, 6.07) is 6.46. The number of amides is 2. The van der Waals surface area contributed by atoms with E-state index in [1.807, 2.05) is 12.1 Å². The summed E-state index contributed by atoms with van der Waals surface area (Å²) in [7, 11) is -3.22. The zero-order valence-corrected chi connectivity index (χ0v) is 15.8. The molecule has 1 unspecified atom stereocenters. The van der Waals surface area contributed by atoms with E-state index < -0.39 is 15.9 Å². The van der Waals surface area contributed by atoms with Gasteiger partial charge in [0.1, 0.15) is 15.9 Å². The van der Waals surface area contributed by atoms with Crippen molar-refractivity contribution in [3.8, 4) is 0 Å². The standard InChI is InChI=1S/C18H26N2O4S/c1-13(2)8-10-19-17(21)16(9-11-25(3,23)24)20-12-14-6-4-5-7-15(14)18(20)22/h4-7,13,16H,8-12H2,1-3H3,(H,19,21). The van der Waals surface area contributed by atoms with Crippen molar-refractivity contribution < 1.29 is 18.0 Å². The highest BCUT2D eigenvalue weighted by atomic mass is 32.2. The van der Waals surface area contributed by atoms with Crippen molar-refractivity contribution in [2.24, 2.45) is 5.92 Å². The van der Waals surface area contributed by atoms with Crippen molar-refractivity contribution >= 4 is 21.7 Å². The summed E-state index contributed by atoms with van der Waals surface area (Å²) in [4.78, 5) is 26.8. The van der Waals surface area contributed by atoms with E-state index in [4.69, 9.17) is 0 Å². The summed E-state index contributed by atoms with van der Waals surface area (Å²) in [6.45, 7) is 4.98. The fraction of sp³-hybridized carbons (Fsp3) is 0.556. The van der Waals surface area contributed by atoms with Crippen LogP contribution in [-0.2, 0) is 21.2 Å². The van der Waals surface area contributed by atoms with Crippen LogP contribution in [0.3, 0.4) is 0 Å². The van der Waals surface area contributed by atoms with Crippen LogP contribution in [0, 0.1) is 5.92 Å². The third kappa shape index (κ3) is 5.29. The summed E-state index contributed by atoms with van der Waals surface area (Å²) in [6.07, 6.45) is 2.08. The molecule has 0 saturated carbocycles. The molecule has 2 amide bonds. The molecule has 25 heavy (non-hydrogen) atoms. The van der Waals surface area contributed by atoms with Crippen LogP contribution in [0.5, 0.6) is 0 Å². The van der Waals surface area contributed by atoms with Crippen LogP contribution in [0.15, 0.2) is 24.3 Å². The first kappa shape index (κ1) is 19.4. The van der Waals surface area contributed by atoms with Crippen LogP contribution in [0.2, 0.25) is 0 Å². The molecule has 7 heteroatoms. The maximum absolute atomic E-state index is 12.6. The average Bonchev–Trinajstić information content (AvgIpc) is 2.84. The Labute approximate surface area is 149 Å². The highest BCUT2D eigenvalue weighted by molar-refractivity contribution is 7.90. The number of sulfone groups is 1. The SMILES string of the molecule is CC(C)CCNC(=O)C(CCS(C)(=O)=O)N1Cc2ccccc2C1=O. The van der Waals surface area contributed by atoms with Gasteiger partial charge >= 0.3 is 0 Å². The van der Waals surface area contributed by atoms with Crippen molar-refractivity contribution in [2.45, 2.75) is 39.3 Å². The molecular formula is C18H26N2O4S. The minimum Gasteiger partial charge on any atom is -0.354 e. The van der Waals surface area contributed by atoms with E-state index in [-0.39, 0.29) is 24.0 Å². The minimum absolute atomic E-state index is 0.103. The van der Waals surface area contributed by atoms with Gasteiger partial charge in [-0.15, -0.1) is 0 Å². The molecule has 0 saturated heterocycles. The summed E-state index contributed by atoms with van der Waals surface area (Å²) in [5, 5.41) is 2.85. The molecule has 0 fully saturated rings. The third-order valence-electron chi connectivity index (χ3n) is 4.31. The summed E-state index contributed by atoms with van der Waals surface area (Å²) in [5.74, 6) is -0.180. The topological polar surface area (TPSA) is 83.6 Å². The molecule has 0 radical (unpaired) electrons. The quantitative estimate of drug-likeness (QED) is 0.758. The van der Waals surface area contributed by atoms with E-state index in [9.17, 15) is 18.0 Å². The third-order valence-corrected chi connectivity index (χ3v) is 5.29. The first-order valence-electron chi connectivity index (χ1n) is 8.53. The Bertz CT molecular complexity index is 743. The maximum Gasteiger partial charge on any atom is 0.255 e. The van der Waals surface area contributed by atoms with E-state index >= 15 is 0 Å². The molecule has 138 valence electrons. The van der Waals surface area contributed by atoms with Gasteiger partial charge in [-0.3, -0.25) is 9.59 Å². The molecule has 1 atom stereocenters. The number of hydrogen-bond acceptors (Lipinski definition) is 4. The molecule has 0 aliphatic carbocycles. The lowest BCUT2D eigenvalue weighted by molar-refractivity contribution is -0.125. The molecular weight excluding hydrogens is 340 g/mol. The van der Waals surface area contributed by atoms with Crippen LogP contribution in [-0.4, -0.2) is 49.7 Å². The number of fused-ring (bicyclic) bond motifs is 1. The lowest BCUT2D eigenvalue weighted by Gasteiger charge is -2.27. The number of rotatable bonds is 8. The number of nitrogens with one attached hydrogen (secondary N) is 1. The molecule has 1 aromatic carbocycles. The molecule has 1 aliphatic heterocycles. The molecule has 1 N–H and O–H groups in total. The summed E-state index contributed by atoms with van der Waals surface area (Å²) < 4.78 is 23.1. The lowest BCUT2D eigenvalue weighted by Crippen LogP contribution is -2.48. The van der Waals surface area contributed by atoms with Crippen LogP contribution < -0.4 is 5.32 Å². The van der Waals surface area contributed by atoms with Gasteiger partial charge in [-0.25, -0.2) is 8.42 Å². The Hall–Kier alpha value is -1.89. The van der Waals surface area contributed by atoms with Crippen LogP contribution >= 0.6 is 0 Å². The minimum atomic E-state index is -3.22. The van der Waals surface area contributed by atoms with Gasteiger partial charge in [0.25, 0.3) is 5.91 Å². The number of carbonyl (C=O) groups excluding carboxylic acids is 2. The lowest BCUT2D eigenvalue weighted by atomic mass is 10.1. The summed E-state index contributed by atoms with van der Waals surface area (Å²) in [5.41, 5.74) is 1.45. The van der Waals surface area contributed by atoms with Crippen LogP contribution in [0.4, 0.5) is 0 Å². The van der Waals surface area contributed by atoms with Gasteiger partial charge in [-0.1, -0.05) is 32.0 Å². The Morgan fingerprint density at radius 2 is 1.92 bits per heavy atom. The molecule has 0 aromatic heterocycles. The van der Waals surface area contributed by atoms with Gasteiger partial charge in [0.05, 0.1) is 5.75 Å². The monoisotopic (exact) mass is 366 g/mol. The van der Waals surface area contributed by atoms with Gasteiger partial charge in [0.2, 0.25) is 5.91 Å². The Balaban J connectivity index is 2.14. The normalized spacial score (nSPS) is 15.4. The van der Waals surface area contributed by atoms with E-state index in [0.717, 1.165) is 18.2 Å². The van der Waals surface area contributed by atoms with Crippen molar-refractivity contribution in [2.75, 3.05) is 18.6 Å². The maximum atomic E-state index is 12.6. The number of carbonyl (C=O) groups is 2. The first-order valence-corrected chi connectivity index (χ1v) is 10.6. The Kier molecular flexibility index (Phi) is 6.21. The van der Waals surface area contributed by atoms with Crippen LogP contribution in [0.25, 0.3) is 0 Å². The largest absolute Gasteiger partial charge is 0.354 e. The fourth-order valence-electron chi connectivity index (χ4n) is 2.88. The number of hydrogen-bond donors (Lipinski definition) is 1. The van der Waals surface area contributed by atoms with Gasteiger partial charge in [-0.05, 0) is 30.4 Å². The molecule has 2 rings (SSSR count).